The van der Waals surface area contributed by atoms with Gasteiger partial charge in [-0.15, -0.1) is 0 Å². The van der Waals surface area contributed by atoms with Gasteiger partial charge in [-0.05, 0) is 34.2 Å². The largest absolute Gasteiger partial charge is 0.480 e. The number of carboxylic acids is 1. The first-order valence-corrected chi connectivity index (χ1v) is 6.20. The van der Waals surface area contributed by atoms with Crippen molar-refractivity contribution < 1.29 is 14.7 Å². The predicted octanol–water partition coefficient (Wildman–Crippen LogP) is 0.879. The molecule has 0 radical (unpaired) electrons. The highest BCUT2D eigenvalue weighted by atomic mass is 16.4. The number of rotatable bonds is 7. The number of nitrogens with one attached hydrogen (secondary N) is 2. The topological polar surface area (TPSA) is 81.7 Å². The van der Waals surface area contributed by atoms with Gasteiger partial charge in [0.05, 0.1) is 0 Å². The molecule has 1 atom stereocenters. The van der Waals surface area contributed by atoms with E-state index < -0.39 is 17.5 Å². The van der Waals surface area contributed by atoms with Crippen molar-refractivity contribution in [1.82, 2.24) is 15.5 Å². The Kier molecular flexibility index (Phi) is 6.68. The second kappa shape index (κ2) is 7.20. The number of aliphatic carboxylic acids is 1. The Bertz CT molecular complexity index is 292. The molecule has 0 aliphatic carbocycles. The number of carbonyl (C=O) groups is 2. The summed E-state index contributed by atoms with van der Waals surface area (Å²) in [4.78, 5) is 24.4. The van der Waals surface area contributed by atoms with Crippen LogP contribution < -0.4 is 10.6 Å². The summed E-state index contributed by atoms with van der Waals surface area (Å²) in [7, 11) is 1.99. The molecule has 0 bridgehead atoms. The van der Waals surface area contributed by atoms with Crippen molar-refractivity contribution in [2.45, 2.75) is 45.7 Å². The molecule has 0 aromatic rings. The first-order valence-electron chi connectivity index (χ1n) is 6.20. The molecule has 0 aliphatic heterocycles. The lowest BCUT2D eigenvalue weighted by Crippen LogP contribution is -2.53. The molecular formula is C12H25N3O3. The molecular weight excluding hydrogens is 234 g/mol. The lowest BCUT2D eigenvalue weighted by molar-refractivity contribution is -0.142. The summed E-state index contributed by atoms with van der Waals surface area (Å²) in [5.41, 5.74) is -1.26. The molecule has 0 aliphatic rings. The summed E-state index contributed by atoms with van der Waals surface area (Å²) in [6.45, 7) is 8.34. The first-order chi connectivity index (χ1) is 8.20. The number of nitrogens with zero attached hydrogens (tertiary/aromatic N) is 1. The minimum Gasteiger partial charge on any atom is -0.480 e. The molecule has 0 spiro atoms. The lowest BCUT2D eigenvalue weighted by Gasteiger charge is -2.24. The molecule has 106 valence electrons. The Morgan fingerprint density at radius 2 is 1.94 bits per heavy atom. The zero-order valence-corrected chi connectivity index (χ0v) is 11.9. The van der Waals surface area contributed by atoms with Crippen LogP contribution in [0.25, 0.3) is 0 Å². The zero-order chi connectivity index (χ0) is 14.3. The van der Waals surface area contributed by atoms with Crippen LogP contribution in [0.3, 0.4) is 0 Å². The monoisotopic (exact) mass is 259 g/mol. The second-order valence-electron chi connectivity index (χ2n) is 5.05. The van der Waals surface area contributed by atoms with Gasteiger partial charge in [0, 0.05) is 19.1 Å². The molecule has 2 amide bonds. The summed E-state index contributed by atoms with van der Waals surface area (Å²) < 4.78 is 0. The van der Waals surface area contributed by atoms with Crippen molar-refractivity contribution in [2.24, 2.45) is 0 Å². The maximum Gasteiger partial charge on any atom is 0.328 e. The van der Waals surface area contributed by atoms with Crippen LogP contribution in [0.4, 0.5) is 4.79 Å². The minimum absolute atomic E-state index is 0.458. The van der Waals surface area contributed by atoms with Gasteiger partial charge in [-0.1, -0.05) is 6.92 Å². The van der Waals surface area contributed by atoms with E-state index in [0.29, 0.717) is 12.6 Å². The number of hydrogen-bond acceptors (Lipinski definition) is 3. The quantitative estimate of drug-likeness (QED) is 0.634. The van der Waals surface area contributed by atoms with Crippen LogP contribution in [-0.2, 0) is 4.79 Å². The molecule has 18 heavy (non-hydrogen) atoms. The normalized spacial score (nSPS) is 13.2. The van der Waals surface area contributed by atoms with E-state index in [-0.39, 0.29) is 0 Å². The molecule has 0 saturated carbocycles. The Labute approximate surface area is 109 Å². The number of urea groups is 1. The molecule has 0 aromatic heterocycles. The van der Waals surface area contributed by atoms with Crippen LogP contribution in [0, 0.1) is 0 Å². The Morgan fingerprint density at radius 3 is 2.39 bits per heavy atom. The summed E-state index contributed by atoms with van der Waals surface area (Å²) in [5.74, 6) is -1.06. The Morgan fingerprint density at radius 1 is 1.39 bits per heavy atom. The van der Waals surface area contributed by atoms with Crippen LogP contribution >= 0.6 is 0 Å². The molecule has 0 fully saturated rings. The van der Waals surface area contributed by atoms with Crippen LogP contribution in [0.5, 0.6) is 0 Å². The minimum atomic E-state index is -1.26. The SMILES string of the molecule is CCC(C)N(C)CCNC(=O)NC(C)(C)C(=O)O. The summed E-state index contributed by atoms with van der Waals surface area (Å²) in [6.07, 6.45) is 1.05. The number of carbonyl (C=O) groups excluding carboxylic acids is 1. The summed E-state index contributed by atoms with van der Waals surface area (Å²) >= 11 is 0. The summed E-state index contributed by atoms with van der Waals surface area (Å²) in [5, 5.41) is 13.9. The molecule has 1 unspecified atom stereocenters. The molecule has 0 heterocycles. The maximum atomic E-state index is 11.5. The van der Waals surface area contributed by atoms with Crippen molar-refractivity contribution in [3.63, 3.8) is 0 Å². The smallest absolute Gasteiger partial charge is 0.328 e. The zero-order valence-electron chi connectivity index (χ0n) is 11.9. The van der Waals surface area contributed by atoms with E-state index in [1.54, 1.807) is 0 Å². The van der Waals surface area contributed by atoms with Gasteiger partial charge < -0.3 is 20.6 Å². The standard InChI is InChI=1S/C12H25N3O3/c1-6-9(2)15(5)8-7-13-11(18)14-12(3,4)10(16)17/h9H,6-8H2,1-5H3,(H,16,17)(H2,13,14,18). The van der Waals surface area contributed by atoms with E-state index in [0.717, 1.165) is 13.0 Å². The third kappa shape index (κ3) is 5.86. The van der Waals surface area contributed by atoms with E-state index in [2.05, 4.69) is 29.4 Å². The van der Waals surface area contributed by atoms with Gasteiger partial charge in [0.15, 0.2) is 0 Å². The van der Waals surface area contributed by atoms with E-state index >= 15 is 0 Å². The molecule has 6 nitrogen and oxygen atoms in total. The second-order valence-corrected chi connectivity index (χ2v) is 5.05. The average molecular weight is 259 g/mol. The Hall–Kier alpha value is -1.30. The van der Waals surface area contributed by atoms with Gasteiger partial charge in [0.2, 0.25) is 0 Å². The predicted molar refractivity (Wildman–Crippen MR) is 70.6 cm³/mol. The third-order valence-corrected chi connectivity index (χ3v) is 3.05. The average Bonchev–Trinajstić information content (AvgIpc) is 2.26. The van der Waals surface area contributed by atoms with Crippen molar-refractivity contribution >= 4 is 12.0 Å². The number of hydrogen-bond donors (Lipinski definition) is 3. The number of likely N-dealkylation sites (N-methyl/N-ethyl adjacent to an activating group) is 1. The fourth-order valence-corrected chi connectivity index (χ4v) is 1.26. The van der Waals surface area contributed by atoms with Crippen LogP contribution in [-0.4, -0.2) is 53.7 Å². The van der Waals surface area contributed by atoms with Crippen LogP contribution in [0.1, 0.15) is 34.1 Å². The van der Waals surface area contributed by atoms with Crippen molar-refractivity contribution in [2.75, 3.05) is 20.1 Å². The highest BCUT2D eigenvalue weighted by Gasteiger charge is 2.28. The number of carboxylic acid groups (broad SMARTS) is 1. The highest BCUT2D eigenvalue weighted by Crippen LogP contribution is 2.01. The molecule has 0 rings (SSSR count). The third-order valence-electron chi connectivity index (χ3n) is 3.05. The van der Waals surface area contributed by atoms with Gasteiger partial charge in [-0.25, -0.2) is 9.59 Å². The van der Waals surface area contributed by atoms with Crippen molar-refractivity contribution in [3.05, 3.63) is 0 Å². The molecule has 0 aromatic carbocycles. The van der Waals surface area contributed by atoms with Gasteiger partial charge in [-0.3, -0.25) is 0 Å². The Balaban J connectivity index is 3.95. The molecule has 3 N–H and O–H groups in total. The van der Waals surface area contributed by atoms with Crippen molar-refractivity contribution in [1.29, 1.82) is 0 Å². The molecule has 0 saturated heterocycles. The van der Waals surface area contributed by atoms with Crippen LogP contribution in [0.15, 0.2) is 0 Å². The lowest BCUT2D eigenvalue weighted by atomic mass is 10.1. The molecule has 6 heteroatoms. The van der Waals surface area contributed by atoms with Gasteiger partial charge in [0.25, 0.3) is 0 Å². The van der Waals surface area contributed by atoms with E-state index in [1.165, 1.54) is 13.8 Å². The van der Waals surface area contributed by atoms with E-state index in [4.69, 9.17) is 5.11 Å². The van der Waals surface area contributed by atoms with Gasteiger partial charge in [-0.2, -0.15) is 0 Å². The van der Waals surface area contributed by atoms with E-state index in [9.17, 15) is 9.59 Å². The van der Waals surface area contributed by atoms with Crippen molar-refractivity contribution in [3.8, 4) is 0 Å². The van der Waals surface area contributed by atoms with Crippen LogP contribution in [0.2, 0.25) is 0 Å². The van der Waals surface area contributed by atoms with Gasteiger partial charge >= 0.3 is 12.0 Å². The fourth-order valence-electron chi connectivity index (χ4n) is 1.26. The summed E-state index contributed by atoms with van der Waals surface area (Å²) in [6, 6.07) is 0.00488. The maximum absolute atomic E-state index is 11.5. The fraction of sp³-hybridized carbons (Fsp3) is 0.833. The highest BCUT2D eigenvalue weighted by molar-refractivity contribution is 5.85. The number of amides is 2. The van der Waals surface area contributed by atoms with Gasteiger partial charge in [0.1, 0.15) is 5.54 Å². The van der Waals surface area contributed by atoms with E-state index in [1.807, 2.05) is 7.05 Å². The first kappa shape index (κ1) is 16.7.